The quantitative estimate of drug-likeness (QED) is 0.467. The molecule has 7 heteroatoms. The third-order valence-electron chi connectivity index (χ3n) is 4.24. The monoisotopic (exact) mass is 360 g/mol. The van der Waals surface area contributed by atoms with Crippen LogP contribution < -0.4 is 9.47 Å². The van der Waals surface area contributed by atoms with Gasteiger partial charge in [0.1, 0.15) is 22.7 Å². The van der Waals surface area contributed by atoms with Crippen molar-refractivity contribution >= 4 is 21.9 Å². The Morgan fingerprint density at radius 2 is 1.19 bits per heavy atom. The molecule has 2 aromatic carbocycles. The van der Waals surface area contributed by atoms with Crippen LogP contribution >= 0.6 is 0 Å². The van der Waals surface area contributed by atoms with Crippen molar-refractivity contribution in [3.8, 4) is 23.3 Å². The van der Waals surface area contributed by atoms with Gasteiger partial charge in [0.2, 0.25) is 11.8 Å². The van der Waals surface area contributed by atoms with E-state index in [9.17, 15) is 0 Å². The van der Waals surface area contributed by atoms with Crippen LogP contribution in [0.4, 0.5) is 0 Å². The number of ether oxygens (including phenoxy) is 2. The number of rotatable bonds is 4. The molecule has 0 radical (unpaired) electrons. The number of aromatic nitrogens is 4. The van der Waals surface area contributed by atoms with E-state index in [2.05, 4.69) is 10.2 Å². The zero-order valence-electron chi connectivity index (χ0n) is 14.8. The molecule has 27 heavy (non-hydrogen) atoms. The number of hydrogen-bond donors (Lipinski definition) is 0. The summed E-state index contributed by atoms with van der Waals surface area (Å²) in [5.41, 5.74) is 1.57. The van der Waals surface area contributed by atoms with Crippen LogP contribution in [0.25, 0.3) is 21.9 Å². The highest BCUT2D eigenvalue weighted by atomic mass is 16.5. The predicted molar refractivity (Wildman–Crippen MR) is 100 cm³/mol. The second kappa shape index (κ2) is 5.91. The van der Waals surface area contributed by atoms with E-state index in [4.69, 9.17) is 13.9 Å². The summed E-state index contributed by atoms with van der Waals surface area (Å²) in [6, 6.07) is 15.0. The predicted octanol–water partition coefficient (Wildman–Crippen LogP) is 4.64. The standard InChI is InChI=1S/C20H16N4O3/c1-23-9-7-19(21-23)25-13-3-5-17-15(11-13)16-12-14(4-6-18(16)27-17)26-20-8-10-24(2)22-20/h3-12H,1-2H3. The van der Waals surface area contributed by atoms with Crippen LogP contribution in [-0.2, 0) is 14.1 Å². The van der Waals surface area contributed by atoms with Gasteiger partial charge in [0, 0.05) is 49.4 Å². The maximum atomic E-state index is 5.92. The average Bonchev–Trinajstić information content (AvgIpc) is 3.34. The first-order valence-corrected chi connectivity index (χ1v) is 8.45. The minimum atomic E-state index is 0.545. The fourth-order valence-corrected chi connectivity index (χ4v) is 3.00. The van der Waals surface area contributed by atoms with Gasteiger partial charge in [-0.2, -0.15) is 0 Å². The van der Waals surface area contributed by atoms with Crippen LogP contribution in [0, 0.1) is 0 Å². The van der Waals surface area contributed by atoms with Crippen molar-refractivity contribution in [2.45, 2.75) is 0 Å². The van der Waals surface area contributed by atoms with Crippen LogP contribution in [0.15, 0.2) is 65.3 Å². The molecule has 7 nitrogen and oxygen atoms in total. The molecule has 0 bridgehead atoms. The van der Waals surface area contributed by atoms with Crippen molar-refractivity contribution in [1.29, 1.82) is 0 Å². The Morgan fingerprint density at radius 3 is 1.59 bits per heavy atom. The van der Waals surface area contributed by atoms with E-state index < -0.39 is 0 Å². The lowest BCUT2D eigenvalue weighted by Gasteiger charge is -2.03. The van der Waals surface area contributed by atoms with Crippen molar-refractivity contribution in [2.75, 3.05) is 0 Å². The van der Waals surface area contributed by atoms with E-state index in [0.29, 0.717) is 23.3 Å². The lowest BCUT2D eigenvalue weighted by atomic mass is 10.1. The first kappa shape index (κ1) is 15.5. The highest BCUT2D eigenvalue weighted by Gasteiger charge is 2.11. The molecule has 0 aliphatic carbocycles. The largest absolute Gasteiger partial charge is 0.456 e. The maximum absolute atomic E-state index is 5.92. The smallest absolute Gasteiger partial charge is 0.238 e. The highest BCUT2D eigenvalue weighted by molar-refractivity contribution is 6.05. The summed E-state index contributed by atoms with van der Waals surface area (Å²) < 4.78 is 21.0. The molecule has 0 atom stereocenters. The molecule has 0 fully saturated rings. The number of fused-ring (bicyclic) bond motifs is 3. The summed E-state index contributed by atoms with van der Waals surface area (Å²) in [7, 11) is 3.70. The summed E-state index contributed by atoms with van der Waals surface area (Å²) in [6.07, 6.45) is 3.67. The first-order valence-electron chi connectivity index (χ1n) is 8.45. The number of benzene rings is 2. The Kier molecular flexibility index (Phi) is 3.39. The Balaban J connectivity index is 1.53. The molecular formula is C20H16N4O3. The van der Waals surface area contributed by atoms with E-state index in [1.54, 1.807) is 9.36 Å². The fourth-order valence-electron chi connectivity index (χ4n) is 3.00. The van der Waals surface area contributed by atoms with Gasteiger partial charge in [0.25, 0.3) is 0 Å². The van der Waals surface area contributed by atoms with Crippen molar-refractivity contribution < 1.29 is 13.9 Å². The second-order valence-corrected chi connectivity index (χ2v) is 6.28. The molecule has 0 unspecified atom stereocenters. The van der Waals surface area contributed by atoms with E-state index in [-0.39, 0.29) is 0 Å². The van der Waals surface area contributed by atoms with Crippen molar-refractivity contribution in [3.05, 3.63) is 60.9 Å². The summed E-state index contributed by atoms with van der Waals surface area (Å²) in [4.78, 5) is 0. The van der Waals surface area contributed by atoms with Gasteiger partial charge in [-0.3, -0.25) is 9.36 Å². The number of nitrogens with zero attached hydrogens (tertiary/aromatic N) is 4. The Labute approximate surface area is 154 Å². The summed E-state index contributed by atoms with van der Waals surface area (Å²) in [5, 5.41) is 10.4. The topological polar surface area (TPSA) is 67.2 Å². The minimum absolute atomic E-state index is 0.545. The Bertz CT molecular complexity index is 1170. The highest BCUT2D eigenvalue weighted by Crippen LogP contribution is 2.35. The van der Waals surface area contributed by atoms with Crippen molar-refractivity contribution in [3.63, 3.8) is 0 Å². The Morgan fingerprint density at radius 1 is 0.704 bits per heavy atom. The molecule has 0 saturated heterocycles. The molecule has 0 aliphatic heterocycles. The molecule has 0 saturated carbocycles. The average molecular weight is 360 g/mol. The van der Waals surface area contributed by atoms with Crippen molar-refractivity contribution in [2.24, 2.45) is 14.1 Å². The van der Waals surface area contributed by atoms with E-state index >= 15 is 0 Å². The number of furan rings is 1. The van der Waals surface area contributed by atoms with Gasteiger partial charge in [-0.25, -0.2) is 0 Å². The van der Waals surface area contributed by atoms with Gasteiger partial charge in [0.15, 0.2) is 0 Å². The third-order valence-corrected chi connectivity index (χ3v) is 4.24. The second-order valence-electron chi connectivity index (χ2n) is 6.28. The maximum Gasteiger partial charge on any atom is 0.238 e. The summed E-state index contributed by atoms with van der Waals surface area (Å²) >= 11 is 0. The van der Waals surface area contributed by atoms with Crippen LogP contribution in [-0.4, -0.2) is 19.6 Å². The van der Waals surface area contributed by atoms with E-state index in [1.807, 2.05) is 75.0 Å². The Hall–Kier alpha value is -3.74. The summed E-state index contributed by atoms with van der Waals surface area (Å²) in [5.74, 6) is 2.48. The molecule has 134 valence electrons. The van der Waals surface area contributed by atoms with Gasteiger partial charge in [-0.05, 0) is 36.4 Å². The zero-order valence-corrected chi connectivity index (χ0v) is 14.8. The number of hydrogen-bond acceptors (Lipinski definition) is 5. The van der Waals surface area contributed by atoms with Gasteiger partial charge in [-0.15, -0.1) is 10.2 Å². The van der Waals surface area contributed by atoms with Gasteiger partial charge < -0.3 is 13.9 Å². The third kappa shape index (κ3) is 2.89. The molecular weight excluding hydrogens is 344 g/mol. The van der Waals surface area contributed by atoms with Crippen LogP contribution in [0.2, 0.25) is 0 Å². The molecule has 5 rings (SSSR count). The minimum Gasteiger partial charge on any atom is -0.456 e. The molecule has 3 aromatic heterocycles. The van der Waals surface area contributed by atoms with Crippen LogP contribution in [0.3, 0.4) is 0 Å². The molecule has 0 aliphatic rings. The van der Waals surface area contributed by atoms with Gasteiger partial charge in [0.05, 0.1) is 0 Å². The molecule has 3 heterocycles. The first-order chi connectivity index (χ1) is 13.1. The van der Waals surface area contributed by atoms with E-state index in [0.717, 1.165) is 21.9 Å². The molecule has 5 aromatic rings. The molecule has 0 amide bonds. The SMILES string of the molecule is Cn1ccc(Oc2ccc3oc4ccc(Oc5ccn(C)n5)cc4c3c2)n1. The van der Waals surface area contributed by atoms with Crippen LogP contribution in [0.1, 0.15) is 0 Å². The molecule has 0 spiro atoms. The lowest BCUT2D eigenvalue weighted by Crippen LogP contribution is -1.89. The van der Waals surface area contributed by atoms with Crippen molar-refractivity contribution in [1.82, 2.24) is 19.6 Å². The van der Waals surface area contributed by atoms with Crippen LogP contribution in [0.5, 0.6) is 23.3 Å². The summed E-state index contributed by atoms with van der Waals surface area (Å²) in [6.45, 7) is 0. The fraction of sp³-hybridized carbons (Fsp3) is 0.100. The van der Waals surface area contributed by atoms with E-state index in [1.165, 1.54) is 0 Å². The number of aryl methyl sites for hydroxylation is 2. The zero-order chi connectivity index (χ0) is 18.4. The normalized spacial score (nSPS) is 11.3. The lowest BCUT2D eigenvalue weighted by molar-refractivity contribution is 0.454. The van der Waals surface area contributed by atoms with Gasteiger partial charge in [-0.1, -0.05) is 0 Å². The molecule has 0 N–H and O–H groups in total. The van der Waals surface area contributed by atoms with Gasteiger partial charge >= 0.3 is 0 Å².